The maximum Gasteiger partial charge on any atom is 0.120 e. The first-order valence-electron chi connectivity index (χ1n) is 7.07. The van der Waals surface area contributed by atoms with Crippen LogP contribution in [0.25, 0.3) is 6.08 Å². The molecule has 0 aromatic heterocycles. The van der Waals surface area contributed by atoms with Crippen LogP contribution in [0.1, 0.15) is 57.1 Å². The van der Waals surface area contributed by atoms with Gasteiger partial charge in [-0.25, -0.2) is 0 Å². The number of benzene rings is 1. The number of unbranched alkanes of at least 4 members (excludes halogenated alkanes) is 3. The lowest BCUT2D eigenvalue weighted by Gasteiger charge is -2.15. The van der Waals surface area contributed by atoms with Gasteiger partial charge in [-0.2, -0.15) is 0 Å². The Bertz CT molecular complexity index is 368. The van der Waals surface area contributed by atoms with Crippen LogP contribution in [0, 0.1) is 6.92 Å². The fourth-order valence-electron chi connectivity index (χ4n) is 2.10. The van der Waals surface area contributed by atoms with Crippen LogP contribution in [0.2, 0.25) is 0 Å². The van der Waals surface area contributed by atoms with Gasteiger partial charge in [0.05, 0.1) is 6.10 Å². The maximum atomic E-state index is 5.94. The van der Waals surface area contributed by atoms with Gasteiger partial charge in [-0.15, -0.1) is 0 Å². The molecule has 0 fully saturated rings. The molecule has 0 aliphatic rings. The summed E-state index contributed by atoms with van der Waals surface area (Å²) in [7, 11) is 0. The molecule has 1 aromatic rings. The molecule has 0 heterocycles. The van der Waals surface area contributed by atoms with Crippen molar-refractivity contribution in [2.75, 3.05) is 0 Å². The molecule has 0 radical (unpaired) electrons. The van der Waals surface area contributed by atoms with E-state index in [1.807, 2.05) is 12.1 Å². The van der Waals surface area contributed by atoms with Crippen molar-refractivity contribution >= 4 is 6.08 Å². The number of aryl methyl sites for hydroxylation is 1. The lowest BCUT2D eigenvalue weighted by molar-refractivity contribution is 0.206. The van der Waals surface area contributed by atoms with E-state index in [1.54, 1.807) is 0 Å². The van der Waals surface area contributed by atoms with E-state index in [0.717, 1.165) is 12.2 Å². The lowest BCUT2D eigenvalue weighted by atomic mass is 10.1. The van der Waals surface area contributed by atoms with Gasteiger partial charge in [0.1, 0.15) is 5.75 Å². The molecule has 1 rings (SSSR count). The third-order valence-corrected chi connectivity index (χ3v) is 3.26. The van der Waals surface area contributed by atoms with Gasteiger partial charge in [-0.1, -0.05) is 44.9 Å². The number of rotatable bonds is 8. The molecule has 0 bridgehead atoms. The highest BCUT2D eigenvalue weighted by Crippen LogP contribution is 2.20. The minimum Gasteiger partial charge on any atom is -0.491 e. The summed E-state index contributed by atoms with van der Waals surface area (Å²) in [6, 6.07) is 6.20. The molecule has 0 N–H and O–H groups in total. The van der Waals surface area contributed by atoms with Gasteiger partial charge in [0.15, 0.2) is 0 Å². The van der Waals surface area contributed by atoms with E-state index in [0.29, 0.717) is 6.10 Å². The highest BCUT2D eigenvalue weighted by Gasteiger charge is 2.05. The molecular formula is C17H26O. The smallest absolute Gasteiger partial charge is 0.120 e. The maximum absolute atomic E-state index is 5.94. The average Bonchev–Trinajstić information content (AvgIpc) is 2.35. The molecule has 1 atom stereocenters. The van der Waals surface area contributed by atoms with Crippen LogP contribution in [0.15, 0.2) is 24.8 Å². The van der Waals surface area contributed by atoms with Gasteiger partial charge < -0.3 is 4.74 Å². The van der Waals surface area contributed by atoms with E-state index in [9.17, 15) is 0 Å². The Labute approximate surface area is 112 Å². The minimum absolute atomic E-state index is 0.302. The molecule has 0 amide bonds. The second-order valence-corrected chi connectivity index (χ2v) is 5.00. The van der Waals surface area contributed by atoms with E-state index in [2.05, 4.69) is 39.5 Å². The summed E-state index contributed by atoms with van der Waals surface area (Å²) in [6.07, 6.45) is 8.53. The monoisotopic (exact) mass is 246 g/mol. The number of hydrogen-bond donors (Lipinski definition) is 0. The van der Waals surface area contributed by atoms with Crippen molar-refractivity contribution < 1.29 is 4.74 Å². The minimum atomic E-state index is 0.302. The molecule has 0 aliphatic heterocycles. The van der Waals surface area contributed by atoms with Crippen molar-refractivity contribution in [2.45, 2.75) is 59.0 Å². The zero-order valence-corrected chi connectivity index (χ0v) is 12.0. The third-order valence-electron chi connectivity index (χ3n) is 3.26. The second-order valence-electron chi connectivity index (χ2n) is 5.00. The first kappa shape index (κ1) is 14.8. The Hall–Kier alpha value is -1.24. The number of hydrogen-bond acceptors (Lipinski definition) is 1. The molecule has 1 aromatic carbocycles. The Kier molecular flexibility index (Phi) is 6.56. The Balaban J connectivity index is 2.41. The van der Waals surface area contributed by atoms with Crippen molar-refractivity contribution in [2.24, 2.45) is 0 Å². The first-order chi connectivity index (χ1) is 8.67. The highest BCUT2D eigenvalue weighted by atomic mass is 16.5. The molecule has 100 valence electrons. The summed E-state index contributed by atoms with van der Waals surface area (Å²) >= 11 is 0. The first-order valence-corrected chi connectivity index (χ1v) is 7.07. The quantitative estimate of drug-likeness (QED) is 0.560. The van der Waals surface area contributed by atoms with Crippen molar-refractivity contribution in [1.29, 1.82) is 0 Å². The molecule has 0 saturated carbocycles. The Morgan fingerprint density at radius 1 is 1.28 bits per heavy atom. The molecule has 0 saturated heterocycles. The zero-order valence-electron chi connectivity index (χ0n) is 12.0. The van der Waals surface area contributed by atoms with E-state index in [1.165, 1.54) is 36.8 Å². The standard InChI is InChI=1S/C17H26O/c1-5-7-8-9-10-15(4)18-17-12-11-16(6-2)14(3)13-17/h6,11-13,15H,2,5,7-10H2,1,3-4H3. The van der Waals surface area contributed by atoms with Gasteiger partial charge in [0.2, 0.25) is 0 Å². The Morgan fingerprint density at radius 3 is 2.67 bits per heavy atom. The van der Waals surface area contributed by atoms with Crippen LogP contribution >= 0.6 is 0 Å². The molecule has 18 heavy (non-hydrogen) atoms. The molecule has 0 spiro atoms. The fraction of sp³-hybridized carbons (Fsp3) is 0.529. The molecule has 0 aliphatic carbocycles. The van der Waals surface area contributed by atoms with Crippen molar-refractivity contribution in [3.05, 3.63) is 35.9 Å². The van der Waals surface area contributed by atoms with Crippen LogP contribution in [-0.4, -0.2) is 6.10 Å². The second kappa shape index (κ2) is 7.97. The van der Waals surface area contributed by atoms with E-state index >= 15 is 0 Å². The normalized spacial score (nSPS) is 12.2. The van der Waals surface area contributed by atoms with Crippen LogP contribution in [0.5, 0.6) is 5.75 Å². The average molecular weight is 246 g/mol. The summed E-state index contributed by atoms with van der Waals surface area (Å²) in [5.41, 5.74) is 2.40. The summed E-state index contributed by atoms with van der Waals surface area (Å²) in [5, 5.41) is 0. The van der Waals surface area contributed by atoms with E-state index in [-0.39, 0.29) is 0 Å². The molecular weight excluding hydrogens is 220 g/mol. The molecule has 1 nitrogen and oxygen atoms in total. The summed E-state index contributed by atoms with van der Waals surface area (Å²) in [6.45, 7) is 10.3. The van der Waals surface area contributed by atoms with Crippen molar-refractivity contribution in [1.82, 2.24) is 0 Å². The van der Waals surface area contributed by atoms with Crippen LogP contribution < -0.4 is 4.74 Å². The third kappa shape index (κ3) is 4.95. The summed E-state index contributed by atoms with van der Waals surface area (Å²) in [5.74, 6) is 0.973. The summed E-state index contributed by atoms with van der Waals surface area (Å²) in [4.78, 5) is 0. The fourth-order valence-corrected chi connectivity index (χ4v) is 2.10. The SMILES string of the molecule is C=Cc1ccc(OC(C)CCCCCC)cc1C. The topological polar surface area (TPSA) is 9.23 Å². The van der Waals surface area contributed by atoms with Crippen LogP contribution in [-0.2, 0) is 0 Å². The van der Waals surface area contributed by atoms with Crippen molar-refractivity contribution in [3.63, 3.8) is 0 Å². The molecule has 1 unspecified atom stereocenters. The van der Waals surface area contributed by atoms with Gasteiger partial charge in [-0.3, -0.25) is 0 Å². The zero-order chi connectivity index (χ0) is 13.4. The highest BCUT2D eigenvalue weighted by molar-refractivity contribution is 5.53. The van der Waals surface area contributed by atoms with Gasteiger partial charge in [-0.05, 0) is 49.9 Å². The van der Waals surface area contributed by atoms with E-state index < -0.39 is 0 Å². The largest absolute Gasteiger partial charge is 0.491 e. The van der Waals surface area contributed by atoms with Crippen LogP contribution in [0.4, 0.5) is 0 Å². The number of ether oxygens (including phenoxy) is 1. The van der Waals surface area contributed by atoms with Crippen LogP contribution in [0.3, 0.4) is 0 Å². The van der Waals surface area contributed by atoms with Gasteiger partial charge in [0.25, 0.3) is 0 Å². The van der Waals surface area contributed by atoms with Gasteiger partial charge >= 0.3 is 0 Å². The predicted octanol–water partition coefficient (Wildman–Crippen LogP) is 5.38. The van der Waals surface area contributed by atoms with Crippen molar-refractivity contribution in [3.8, 4) is 5.75 Å². The van der Waals surface area contributed by atoms with Gasteiger partial charge in [0, 0.05) is 0 Å². The summed E-state index contributed by atoms with van der Waals surface area (Å²) < 4.78 is 5.94. The molecule has 1 heteroatoms. The predicted molar refractivity (Wildman–Crippen MR) is 80.1 cm³/mol. The lowest BCUT2D eigenvalue weighted by Crippen LogP contribution is -2.11. The van der Waals surface area contributed by atoms with E-state index in [4.69, 9.17) is 4.74 Å². The Morgan fingerprint density at radius 2 is 2.06 bits per heavy atom.